The summed E-state index contributed by atoms with van der Waals surface area (Å²) in [6, 6.07) is 11.8. The normalized spacial score (nSPS) is 10.3. The van der Waals surface area contributed by atoms with Crippen molar-refractivity contribution in [3.63, 3.8) is 0 Å². The standard InChI is InChI=1S/C14H15FN2O/c15-11-4-5-13(16)14(9-11)17-12-3-1-2-10(8-12)6-7-18/h1-5,8-9,17-18H,6-7,16H2. The van der Waals surface area contributed by atoms with Crippen molar-refractivity contribution in [2.75, 3.05) is 17.7 Å². The van der Waals surface area contributed by atoms with Crippen LogP contribution in [-0.4, -0.2) is 11.7 Å². The van der Waals surface area contributed by atoms with Crippen LogP contribution in [0.2, 0.25) is 0 Å². The van der Waals surface area contributed by atoms with Gasteiger partial charge < -0.3 is 16.2 Å². The van der Waals surface area contributed by atoms with E-state index in [1.807, 2.05) is 24.3 Å². The Bertz CT molecular complexity index is 543. The van der Waals surface area contributed by atoms with E-state index in [1.54, 1.807) is 0 Å². The lowest BCUT2D eigenvalue weighted by molar-refractivity contribution is 0.299. The summed E-state index contributed by atoms with van der Waals surface area (Å²) >= 11 is 0. The maximum absolute atomic E-state index is 13.1. The monoisotopic (exact) mass is 246 g/mol. The zero-order chi connectivity index (χ0) is 13.0. The molecule has 2 aromatic rings. The maximum atomic E-state index is 13.1. The van der Waals surface area contributed by atoms with E-state index in [-0.39, 0.29) is 12.4 Å². The molecule has 0 aliphatic carbocycles. The molecular formula is C14H15FN2O. The number of nitrogen functional groups attached to an aromatic ring is 1. The van der Waals surface area contributed by atoms with Crippen LogP contribution in [0.5, 0.6) is 0 Å². The van der Waals surface area contributed by atoms with Crippen LogP contribution in [-0.2, 0) is 6.42 Å². The van der Waals surface area contributed by atoms with E-state index >= 15 is 0 Å². The van der Waals surface area contributed by atoms with Crippen LogP contribution in [0.3, 0.4) is 0 Å². The SMILES string of the molecule is Nc1ccc(F)cc1Nc1cccc(CCO)c1. The zero-order valence-corrected chi connectivity index (χ0v) is 9.86. The van der Waals surface area contributed by atoms with Crippen LogP contribution in [0.25, 0.3) is 0 Å². The lowest BCUT2D eigenvalue weighted by Gasteiger charge is -2.10. The van der Waals surface area contributed by atoms with E-state index in [1.165, 1.54) is 18.2 Å². The number of hydrogen-bond acceptors (Lipinski definition) is 3. The summed E-state index contributed by atoms with van der Waals surface area (Å²) in [6.45, 7) is 0.103. The number of halogens is 1. The molecule has 0 saturated carbocycles. The fourth-order valence-electron chi connectivity index (χ4n) is 1.73. The number of nitrogens with one attached hydrogen (secondary N) is 1. The van der Waals surface area contributed by atoms with Gasteiger partial charge in [0.05, 0.1) is 11.4 Å². The molecule has 0 bridgehead atoms. The number of aliphatic hydroxyl groups is 1. The van der Waals surface area contributed by atoms with Crippen molar-refractivity contribution in [1.82, 2.24) is 0 Å². The number of nitrogens with two attached hydrogens (primary N) is 1. The van der Waals surface area contributed by atoms with Gasteiger partial charge >= 0.3 is 0 Å². The van der Waals surface area contributed by atoms with Crippen molar-refractivity contribution in [2.45, 2.75) is 6.42 Å². The molecule has 0 unspecified atom stereocenters. The average molecular weight is 246 g/mol. The molecule has 18 heavy (non-hydrogen) atoms. The van der Waals surface area contributed by atoms with Crippen LogP contribution >= 0.6 is 0 Å². The highest BCUT2D eigenvalue weighted by molar-refractivity contribution is 5.72. The molecule has 4 heteroatoms. The molecule has 0 aliphatic rings. The van der Waals surface area contributed by atoms with Gasteiger partial charge in [-0.15, -0.1) is 0 Å². The fourth-order valence-corrected chi connectivity index (χ4v) is 1.73. The van der Waals surface area contributed by atoms with Gasteiger partial charge in [-0.05, 0) is 42.3 Å². The Morgan fingerprint density at radius 2 is 2.00 bits per heavy atom. The molecule has 4 N–H and O–H groups in total. The minimum absolute atomic E-state index is 0.103. The predicted octanol–water partition coefficient (Wildman–Crippen LogP) is 2.69. The number of benzene rings is 2. The highest BCUT2D eigenvalue weighted by atomic mass is 19.1. The Balaban J connectivity index is 2.22. The van der Waals surface area contributed by atoms with Gasteiger partial charge in [0.2, 0.25) is 0 Å². The number of hydrogen-bond donors (Lipinski definition) is 3. The molecule has 0 spiro atoms. The summed E-state index contributed by atoms with van der Waals surface area (Å²) in [4.78, 5) is 0. The van der Waals surface area contributed by atoms with Gasteiger partial charge in [-0.1, -0.05) is 12.1 Å². The van der Waals surface area contributed by atoms with Crippen molar-refractivity contribution >= 4 is 17.1 Å². The minimum atomic E-state index is -0.335. The summed E-state index contributed by atoms with van der Waals surface area (Å²) in [6.07, 6.45) is 0.591. The molecule has 0 heterocycles. The third kappa shape index (κ3) is 2.99. The summed E-state index contributed by atoms with van der Waals surface area (Å²) in [5.41, 5.74) is 8.62. The molecule has 3 nitrogen and oxygen atoms in total. The second kappa shape index (κ2) is 5.51. The van der Waals surface area contributed by atoms with E-state index in [9.17, 15) is 4.39 Å². The van der Waals surface area contributed by atoms with Crippen LogP contribution in [0, 0.1) is 5.82 Å². The van der Waals surface area contributed by atoms with Crippen LogP contribution in [0.15, 0.2) is 42.5 Å². The summed E-state index contributed by atoms with van der Waals surface area (Å²) in [5.74, 6) is -0.335. The van der Waals surface area contributed by atoms with Crippen LogP contribution < -0.4 is 11.1 Å². The topological polar surface area (TPSA) is 58.3 Å². The second-order valence-corrected chi connectivity index (χ2v) is 4.03. The van der Waals surface area contributed by atoms with Gasteiger partial charge in [-0.3, -0.25) is 0 Å². The van der Waals surface area contributed by atoms with Gasteiger partial charge in [0.1, 0.15) is 5.82 Å². The van der Waals surface area contributed by atoms with E-state index in [4.69, 9.17) is 10.8 Å². The Morgan fingerprint density at radius 3 is 2.78 bits per heavy atom. The highest BCUT2D eigenvalue weighted by Crippen LogP contribution is 2.24. The second-order valence-electron chi connectivity index (χ2n) is 4.03. The van der Waals surface area contributed by atoms with Gasteiger partial charge in [-0.25, -0.2) is 4.39 Å². The number of rotatable bonds is 4. The largest absolute Gasteiger partial charge is 0.397 e. The Hall–Kier alpha value is -2.07. The van der Waals surface area contributed by atoms with Gasteiger partial charge in [0, 0.05) is 12.3 Å². The van der Waals surface area contributed by atoms with Gasteiger partial charge in [0.15, 0.2) is 0 Å². The van der Waals surface area contributed by atoms with Crippen molar-refractivity contribution in [2.24, 2.45) is 0 Å². The van der Waals surface area contributed by atoms with Crippen molar-refractivity contribution in [3.05, 3.63) is 53.8 Å². The molecule has 2 aromatic carbocycles. The van der Waals surface area contributed by atoms with Crippen molar-refractivity contribution < 1.29 is 9.50 Å². The predicted molar refractivity (Wildman–Crippen MR) is 71.3 cm³/mol. The van der Waals surface area contributed by atoms with Gasteiger partial charge in [-0.2, -0.15) is 0 Å². The van der Waals surface area contributed by atoms with E-state index in [0.717, 1.165) is 11.3 Å². The Kier molecular flexibility index (Phi) is 3.79. The Labute approximate surface area is 105 Å². The molecular weight excluding hydrogens is 231 g/mol. The van der Waals surface area contributed by atoms with E-state index in [0.29, 0.717) is 17.8 Å². The first-order chi connectivity index (χ1) is 8.69. The lowest BCUT2D eigenvalue weighted by Crippen LogP contribution is -1.98. The molecule has 0 saturated heterocycles. The summed E-state index contributed by atoms with van der Waals surface area (Å²) in [7, 11) is 0. The lowest BCUT2D eigenvalue weighted by atomic mass is 10.1. The van der Waals surface area contributed by atoms with Crippen molar-refractivity contribution in [3.8, 4) is 0 Å². The molecule has 0 aliphatic heterocycles. The first kappa shape index (κ1) is 12.4. The fraction of sp³-hybridized carbons (Fsp3) is 0.143. The summed E-state index contributed by atoms with van der Waals surface area (Å²) < 4.78 is 13.1. The van der Waals surface area contributed by atoms with Gasteiger partial charge in [0.25, 0.3) is 0 Å². The first-order valence-electron chi connectivity index (χ1n) is 5.71. The quantitative estimate of drug-likeness (QED) is 0.727. The van der Waals surface area contributed by atoms with Crippen LogP contribution in [0.1, 0.15) is 5.56 Å². The highest BCUT2D eigenvalue weighted by Gasteiger charge is 2.02. The molecule has 0 radical (unpaired) electrons. The minimum Gasteiger partial charge on any atom is -0.397 e. The summed E-state index contributed by atoms with van der Waals surface area (Å²) in [5, 5.41) is 12.0. The molecule has 94 valence electrons. The smallest absolute Gasteiger partial charge is 0.125 e. The number of anilines is 3. The molecule has 0 atom stereocenters. The molecule has 0 aromatic heterocycles. The molecule has 0 amide bonds. The molecule has 2 rings (SSSR count). The maximum Gasteiger partial charge on any atom is 0.125 e. The van der Waals surface area contributed by atoms with Crippen LogP contribution in [0.4, 0.5) is 21.5 Å². The third-order valence-electron chi connectivity index (χ3n) is 2.62. The van der Waals surface area contributed by atoms with E-state index < -0.39 is 0 Å². The Morgan fingerprint density at radius 1 is 1.17 bits per heavy atom. The van der Waals surface area contributed by atoms with E-state index in [2.05, 4.69) is 5.32 Å². The molecule has 0 fully saturated rings. The van der Waals surface area contributed by atoms with Crippen molar-refractivity contribution in [1.29, 1.82) is 0 Å². The third-order valence-corrected chi connectivity index (χ3v) is 2.62. The zero-order valence-electron chi connectivity index (χ0n) is 9.86. The first-order valence-corrected chi connectivity index (χ1v) is 5.71. The average Bonchev–Trinajstić information content (AvgIpc) is 2.35. The number of aliphatic hydroxyl groups excluding tert-OH is 1.